The van der Waals surface area contributed by atoms with Gasteiger partial charge < -0.3 is 15.0 Å². The van der Waals surface area contributed by atoms with Crippen molar-refractivity contribution >= 4 is 16.8 Å². The van der Waals surface area contributed by atoms with Crippen LogP contribution in [0.1, 0.15) is 70.6 Å². The van der Waals surface area contributed by atoms with Crippen LogP contribution in [-0.2, 0) is 23.2 Å². The number of benzene rings is 2. The highest BCUT2D eigenvalue weighted by Crippen LogP contribution is 2.23. The summed E-state index contributed by atoms with van der Waals surface area (Å²) in [5, 5.41) is 11.6. The van der Waals surface area contributed by atoms with E-state index in [-0.39, 0.29) is 17.4 Å². The zero-order valence-electron chi connectivity index (χ0n) is 22.9. The monoisotopic (exact) mass is 491 g/mol. The van der Waals surface area contributed by atoms with Gasteiger partial charge in [0.1, 0.15) is 0 Å². The van der Waals surface area contributed by atoms with Crippen LogP contribution in [0.4, 0.5) is 0 Å². The smallest absolute Gasteiger partial charge is 0.237 e. The van der Waals surface area contributed by atoms with Gasteiger partial charge in [0.15, 0.2) is 0 Å². The number of hydrogen-bond donors (Lipinski definition) is 2. The summed E-state index contributed by atoms with van der Waals surface area (Å²) in [6.07, 6.45) is 5.13. The molecule has 1 aromatic heterocycles. The fraction of sp³-hybridized carbons (Fsp3) is 0.516. The highest BCUT2D eigenvalue weighted by atomic mass is 16.3. The van der Waals surface area contributed by atoms with Gasteiger partial charge in [-0.1, -0.05) is 83.5 Å². The van der Waals surface area contributed by atoms with E-state index in [9.17, 15) is 9.90 Å². The lowest BCUT2D eigenvalue weighted by Crippen LogP contribution is -2.43. The maximum Gasteiger partial charge on any atom is 0.237 e. The fourth-order valence-corrected chi connectivity index (χ4v) is 4.78. The van der Waals surface area contributed by atoms with E-state index in [2.05, 4.69) is 93.2 Å². The van der Waals surface area contributed by atoms with Gasteiger partial charge in [0.05, 0.1) is 12.6 Å². The normalized spacial score (nSPS) is 12.9. The van der Waals surface area contributed by atoms with Crippen molar-refractivity contribution in [1.82, 2.24) is 14.8 Å². The quantitative estimate of drug-likeness (QED) is 0.312. The highest BCUT2D eigenvalue weighted by molar-refractivity contribution is 5.83. The Balaban J connectivity index is 1.76. The van der Waals surface area contributed by atoms with Gasteiger partial charge in [-0.2, -0.15) is 0 Å². The standard InChI is InChI=1S/C31H45N3O2/c1-6-10-27(35)22-33(18-7-2)23-30(36)34(21-24-13-15-26(16-14-24)31(3,4)5)19-17-25-20-32-29-12-9-8-11-28(25)29/h8-9,11-16,20,27,32,35H,6-7,10,17-19,21-23H2,1-5H3/t27-/m0/s1. The summed E-state index contributed by atoms with van der Waals surface area (Å²) in [6.45, 7) is 13.8. The van der Waals surface area contributed by atoms with Gasteiger partial charge in [-0.3, -0.25) is 9.69 Å². The molecule has 0 aliphatic rings. The number of aromatic nitrogens is 1. The molecule has 3 rings (SSSR count). The first-order valence-corrected chi connectivity index (χ1v) is 13.5. The summed E-state index contributed by atoms with van der Waals surface area (Å²) < 4.78 is 0. The van der Waals surface area contributed by atoms with Gasteiger partial charge in [-0.15, -0.1) is 0 Å². The lowest BCUT2D eigenvalue weighted by Gasteiger charge is -2.29. The lowest BCUT2D eigenvalue weighted by molar-refractivity contribution is -0.133. The van der Waals surface area contributed by atoms with Crippen molar-refractivity contribution in [2.24, 2.45) is 0 Å². The summed E-state index contributed by atoms with van der Waals surface area (Å²) in [5.41, 5.74) is 4.89. The molecule has 0 unspecified atom stereocenters. The second kappa shape index (κ2) is 13.1. The topological polar surface area (TPSA) is 59.6 Å². The predicted molar refractivity (Wildman–Crippen MR) is 150 cm³/mol. The summed E-state index contributed by atoms with van der Waals surface area (Å²) in [6, 6.07) is 17.0. The molecule has 0 aliphatic carbocycles. The minimum atomic E-state index is -0.390. The number of nitrogens with one attached hydrogen (secondary N) is 1. The summed E-state index contributed by atoms with van der Waals surface area (Å²) >= 11 is 0. The average Bonchev–Trinajstić information content (AvgIpc) is 3.25. The minimum Gasteiger partial charge on any atom is -0.392 e. The molecule has 5 heteroatoms. The van der Waals surface area contributed by atoms with Crippen molar-refractivity contribution in [1.29, 1.82) is 0 Å². The Morgan fingerprint density at radius 1 is 1.00 bits per heavy atom. The Bertz CT molecular complexity index is 1080. The van der Waals surface area contributed by atoms with Crippen LogP contribution in [0.2, 0.25) is 0 Å². The molecule has 36 heavy (non-hydrogen) atoms. The summed E-state index contributed by atoms with van der Waals surface area (Å²) in [4.78, 5) is 21.1. The molecule has 0 saturated carbocycles. The molecular weight excluding hydrogens is 446 g/mol. The van der Waals surface area contributed by atoms with Crippen LogP contribution >= 0.6 is 0 Å². The van der Waals surface area contributed by atoms with E-state index in [1.165, 1.54) is 16.5 Å². The van der Waals surface area contributed by atoms with Crippen molar-refractivity contribution in [3.05, 3.63) is 71.4 Å². The maximum absolute atomic E-state index is 13.6. The van der Waals surface area contributed by atoms with Gasteiger partial charge in [0.25, 0.3) is 0 Å². The predicted octanol–water partition coefficient (Wildman–Crippen LogP) is 5.91. The number of carbonyl (C=O) groups excluding carboxylic acids is 1. The van der Waals surface area contributed by atoms with Gasteiger partial charge in [-0.05, 0) is 54.0 Å². The van der Waals surface area contributed by atoms with Crippen molar-refractivity contribution in [2.45, 2.75) is 78.4 Å². The van der Waals surface area contributed by atoms with E-state index in [4.69, 9.17) is 0 Å². The third-order valence-corrected chi connectivity index (χ3v) is 6.86. The molecule has 1 amide bonds. The molecule has 2 aromatic carbocycles. The van der Waals surface area contributed by atoms with E-state index in [1.54, 1.807) is 0 Å². The highest BCUT2D eigenvalue weighted by Gasteiger charge is 2.21. The van der Waals surface area contributed by atoms with Crippen molar-refractivity contribution in [3.63, 3.8) is 0 Å². The Kier molecular flexibility index (Phi) is 10.1. The third kappa shape index (κ3) is 7.94. The molecule has 3 aromatic rings. The Labute approximate surface area is 217 Å². The van der Waals surface area contributed by atoms with Gasteiger partial charge in [0.2, 0.25) is 5.91 Å². The maximum atomic E-state index is 13.6. The van der Waals surface area contributed by atoms with E-state index in [0.29, 0.717) is 26.2 Å². The van der Waals surface area contributed by atoms with Crippen LogP contribution in [0, 0.1) is 0 Å². The molecule has 1 atom stereocenters. The lowest BCUT2D eigenvalue weighted by atomic mass is 9.87. The largest absolute Gasteiger partial charge is 0.392 e. The summed E-state index contributed by atoms with van der Waals surface area (Å²) in [5.74, 6) is 0.117. The number of para-hydroxylation sites is 1. The molecular formula is C31H45N3O2. The number of aromatic amines is 1. The van der Waals surface area contributed by atoms with Gasteiger partial charge in [0, 0.05) is 36.7 Å². The van der Waals surface area contributed by atoms with Crippen LogP contribution in [0.25, 0.3) is 10.9 Å². The van der Waals surface area contributed by atoms with E-state index >= 15 is 0 Å². The Morgan fingerprint density at radius 2 is 1.72 bits per heavy atom. The molecule has 5 nitrogen and oxygen atoms in total. The van der Waals surface area contributed by atoms with Crippen molar-refractivity contribution in [3.8, 4) is 0 Å². The van der Waals surface area contributed by atoms with Gasteiger partial charge >= 0.3 is 0 Å². The number of rotatable bonds is 13. The Morgan fingerprint density at radius 3 is 2.39 bits per heavy atom. The van der Waals surface area contributed by atoms with E-state index in [1.807, 2.05) is 11.0 Å². The zero-order chi connectivity index (χ0) is 26.1. The summed E-state index contributed by atoms with van der Waals surface area (Å²) in [7, 11) is 0. The van der Waals surface area contributed by atoms with E-state index < -0.39 is 0 Å². The molecule has 0 saturated heterocycles. The average molecular weight is 492 g/mol. The molecule has 0 bridgehead atoms. The molecule has 0 aliphatic heterocycles. The molecule has 0 radical (unpaired) electrons. The molecule has 0 spiro atoms. The third-order valence-electron chi connectivity index (χ3n) is 6.86. The molecule has 0 fully saturated rings. The number of aliphatic hydroxyl groups is 1. The zero-order valence-corrected chi connectivity index (χ0v) is 22.9. The van der Waals surface area contributed by atoms with Crippen LogP contribution in [0.5, 0.6) is 0 Å². The molecule has 196 valence electrons. The Hall–Kier alpha value is -2.63. The first-order chi connectivity index (χ1) is 17.2. The number of carbonyl (C=O) groups is 1. The number of amides is 1. The van der Waals surface area contributed by atoms with Crippen LogP contribution in [-0.4, -0.2) is 58.1 Å². The van der Waals surface area contributed by atoms with Crippen LogP contribution in [0.15, 0.2) is 54.7 Å². The van der Waals surface area contributed by atoms with Gasteiger partial charge in [-0.25, -0.2) is 0 Å². The fourth-order valence-electron chi connectivity index (χ4n) is 4.78. The SMILES string of the molecule is CCC[C@H](O)CN(CCC)CC(=O)N(CCc1c[nH]c2ccccc12)Cc1ccc(C(C)(C)C)cc1. The molecule has 2 N–H and O–H groups in total. The number of aliphatic hydroxyl groups excluding tert-OH is 1. The number of nitrogens with zero attached hydrogens (tertiary/aromatic N) is 2. The van der Waals surface area contributed by atoms with Crippen LogP contribution in [0.3, 0.4) is 0 Å². The second-order valence-corrected chi connectivity index (χ2v) is 11.0. The number of H-pyrrole nitrogens is 1. The number of hydrogen-bond acceptors (Lipinski definition) is 3. The first kappa shape index (κ1) is 27.9. The van der Waals surface area contributed by atoms with Crippen molar-refractivity contribution < 1.29 is 9.90 Å². The van der Waals surface area contributed by atoms with Crippen LogP contribution < -0.4 is 0 Å². The van der Waals surface area contributed by atoms with E-state index in [0.717, 1.165) is 43.3 Å². The second-order valence-electron chi connectivity index (χ2n) is 11.0. The number of fused-ring (bicyclic) bond motifs is 1. The molecule has 1 heterocycles. The minimum absolute atomic E-state index is 0.101. The first-order valence-electron chi connectivity index (χ1n) is 13.5. The van der Waals surface area contributed by atoms with Crippen molar-refractivity contribution in [2.75, 3.05) is 26.2 Å².